The molecule has 2 aliphatic heterocycles. The molecule has 0 radical (unpaired) electrons. The number of fused-ring (bicyclic) bond motifs is 1. The fraction of sp³-hybridized carbons (Fsp3) is 0.238. The first kappa shape index (κ1) is 20.7. The number of tetrazole rings is 1. The predicted octanol–water partition coefficient (Wildman–Crippen LogP) is 3.23. The Morgan fingerprint density at radius 2 is 2.09 bits per heavy atom. The quantitative estimate of drug-likeness (QED) is 0.459. The topological polar surface area (TPSA) is 121 Å². The molecular formula is C21H16ClF2N9O. The van der Waals surface area contributed by atoms with Crippen LogP contribution in [0, 0.1) is 11.8 Å². The number of amides is 1. The van der Waals surface area contributed by atoms with Gasteiger partial charge in [0.2, 0.25) is 11.9 Å². The molecule has 4 aromatic rings. The molecule has 1 amide bonds. The van der Waals surface area contributed by atoms with Gasteiger partial charge in [0.25, 0.3) is 0 Å². The number of hydrogen-bond acceptors (Lipinski definition) is 6. The van der Waals surface area contributed by atoms with Crippen LogP contribution in [0.3, 0.4) is 0 Å². The Labute approximate surface area is 195 Å². The lowest BCUT2D eigenvalue weighted by atomic mass is 9.92. The van der Waals surface area contributed by atoms with Gasteiger partial charge in [0.15, 0.2) is 5.82 Å². The van der Waals surface area contributed by atoms with E-state index >= 15 is 4.39 Å². The molecule has 2 aliphatic rings. The summed E-state index contributed by atoms with van der Waals surface area (Å²) in [5, 5.41) is 17.0. The number of carbonyl (C=O) groups excluding carboxylic acids is 1. The summed E-state index contributed by atoms with van der Waals surface area (Å²) in [7, 11) is 0. The first-order valence-corrected chi connectivity index (χ1v) is 10.9. The number of H-pyrrole nitrogens is 2. The number of carbonyl (C=O) groups is 1. The Kier molecular flexibility index (Phi) is 4.76. The van der Waals surface area contributed by atoms with Crippen molar-refractivity contribution in [3.8, 4) is 16.9 Å². The Bertz CT molecular complexity index is 1430. The molecule has 10 nitrogen and oxygen atoms in total. The number of aromatic amines is 2. The highest BCUT2D eigenvalue weighted by Gasteiger charge is 2.42. The molecule has 5 heterocycles. The van der Waals surface area contributed by atoms with Crippen LogP contribution >= 0.6 is 11.6 Å². The van der Waals surface area contributed by atoms with E-state index in [2.05, 4.69) is 35.7 Å². The van der Waals surface area contributed by atoms with E-state index < -0.39 is 11.8 Å². The van der Waals surface area contributed by atoms with E-state index in [0.29, 0.717) is 42.0 Å². The van der Waals surface area contributed by atoms with Crippen molar-refractivity contribution in [1.29, 1.82) is 0 Å². The number of imidazole rings is 1. The third-order valence-corrected chi connectivity index (χ3v) is 6.59. The second kappa shape index (κ2) is 7.83. The standard InChI is InChI=1S/C21H16ClF2N9O/c22-13-2-4-15(32-9-27-30-31-32)18(19(13)23)10-5-11-1-3-16(33(11)17(34)6-10)21-25-8-14(28-21)12-7-26-29-20(12)24/h2,4,6-9,11,16H,1,3,5H2,(H,25,28)(H,26,29)/t11-,16+/m1/s1. The minimum absolute atomic E-state index is 0.0542. The lowest BCUT2D eigenvalue weighted by Gasteiger charge is -2.33. The number of nitrogens with zero attached hydrogens (tertiary/aromatic N) is 7. The number of nitrogens with one attached hydrogen (secondary N) is 2. The van der Waals surface area contributed by atoms with E-state index in [9.17, 15) is 9.18 Å². The summed E-state index contributed by atoms with van der Waals surface area (Å²) in [6.45, 7) is 0. The number of benzene rings is 1. The average molecular weight is 484 g/mol. The van der Waals surface area contributed by atoms with E-state index in [1.807, 2.05) is 0 Å². The Morgan fingerprint density at radius 3 is 2.85 bits per heavy atom. The molecule has 2 N–H and O–H groups in total. The Hall–Kier alpha value is -3.93. The van der Waals surface area contributed by atoms with E-state index in [1.54, 1.807) is 11.0 Å². The van der Waals surface area contributed by atoms with E-state index in [1.165, 1.54) is 35.5 Å². The molecule has 0 spiro atoms. The second-order valence-electron chi connectivity index (χ2n) is 8.15. The zero-order valence-electron chi connectivity index (χ0n) is 17.4. The van der Waals surface area contributed by atoms with Crippen LogP contribution in [0.4, 0.5) is 8.78 Å². The molecule has 1 saturated heterocycles. The fourth-order valence-electron chi connectivity index (χ4n) is 4.81. The summed E-state index contributed by atoms with van der Waals surface area (Å²) in [6.07, 6.45) is 7.53. The molecule has 0 saturated carbocycles. The summed E-state index contributed by atoms with van der Waals surface area (Å²) in [5.74, 6) is -0.965. The van der Waals surface area contributed by atoms with Crippen LogP contribution in [-0.2, 0) is 4.79 Å². The molecule has 3 aromatic heterocycles. The minimum atomic E-state index is -0.636. The smallest absolute Gasteiger partial charge is 0.247 e. The van der Waals surface area contributed by atoms with Crippen molar-refractivity contribution in [2.45, 2.75) is 31.3 Å². The number of hydrogen-bond donors (Lipinski definition) is 2. The first-order chi connectivity index (χ1) is 16.5. The van der Waals surface area contributed by atoms with Crippen LogP contribution < -0.4 is 0 Å². The highest BCUT2D eigenvalue weighted by molar-refractivity contribution is 6.31. The van der Waals surface area contributed by atoms with Gasteiger partial charge in [-0.2, -0.15) is 9.07 Å². The lowest BCUT2D eigenvalue weighted by molar-refractivity contribution is -0.129. The number of halogens is 3. The summed E-state index contributed by atoms with van der Waals surface area (Å²) >= 11 is 6.07. The third kappa shape index (κ3) is 3.21. The normalized spacial score (nSPS) is 20.0. The van der Waals surface area contributed by atoms with E-state index in [0.717, 1.165) is 0 Å². The van der Waals surface area contributed by atoms with Gasteiger partial charge in [-0.25, -0.2) is 9.37 Å². The minimum Gasteiger partial charge on any atom is -0.340 e. The summed E-state index contributed by atoms with van der Waals surface area (Å²) in [6, 6.07) is 2.59. The fourth-order valence-corrected chi connectivity index (χ4v) is 4.97. The molecule has 0 aliphatic carbocycles. The molecule has 1 aromatic carbocycles. The molecule has 2 atom stereocenters. The number of aromatic nitrogens is 8. The summed E-state index contributed by atoms with van der Waals surface area (Å²) in [4.78, 5) is 22.5. The van der Waals surface area contributed by atoms with Crippen molar-refractivity contribution in [1.82, 2.24) is 45.3 Å². The van der Waals surface area contributed by atoms with Crippen molar-refractivity contribution >= 4 is 23.1 Å². The largest absolute Gasteiger partial charge is 0.340 e. The maximum Gasteiger partial charge on any atom is 0.247 e. The molecule has 0 bridgehead atoms. The van der Waals surface area contributed by atoms with Crippen LogP contribution in [0.5, 0.6) is 0 Å². The molecule has 13 heteroatoms. The lowest BCUT2D eigenvalue weighted by Crippen LogP contribution is -2.39. The van der Waals surface area contributed by atoms with Gasteiger partial charge in [-0.1, -0.05) is 11.6 Å². The average Bonchev–Trinajstić information content (AvgIpc) is 3.61. The van der Waals surface area contributed by atoms with Crippen LogP contribution in [0.15, 0.2) is 36.9 Å². The summed E-state index contributed by atoms with van der Waals surface area (Å²) in [5.41, 5.74) is 1.86. The SMILES string of the molecule is O=C1C=C(c2c(-n3cnnn3)ccc(Cl)c2F)C[C@H]2CC[C@@H](c3ncc(-c4c[nH]nc4F)[nH]3)N12. The van der Waals surface area contributed by atoms with Crippen LogP contribution in [0.1, 0.15) is 36.7 Å². The van der Waals surface area contributed by atoms with Crippen LogP contribution in [0.25, 0.3) is 22.5 Å². The van der Waals surface area contributed by atoms with Gasteiger partial charge in [-0.15, -0.1) is 10.2 Å². The van der Waals surface area contributed by atoms with Gasteiger partial charge in [-0.3, -0.25) is 9.89 Å². The van der Waals surface area contributed by atoms with Crippen LogP contribution in [0.2, 0.25) is 5.02 Å². The molecule has 0 unspecified atom stereocenters. The maximum absolute atomic E-state index is 15.2. The van der Waals surface area contributed by atoms with Crippen molar-refractivity contribution in [2.24, 2.45) is 0 Å². The number of rotatable bonds is 4. The molecule has 1 fully saturated rings. The Balaban J connectivity index is 1.34. The van der Waals surface area contributed by atoms with Gasteiger partial charge < -0.3 is 9.88 Å². The monoisotopic (exact) mass is 483 g/mol. The van der Waals surface area contributed by atoms with Gasteiger partial charge >= 0.3 is 0 Å². The molecule has 34 heavy (non-hydrogen) atoms. The van der Waals surface area contributed by atoms with Crippen molar-refractivity contribution < 1.29 is 13.6 Å². The van der Waals surface area contributed by atoms with Crippen molar-refractivity contribution in [3.63, 3.8) is 0 Å². The van der Waals surface area contributed by atoms with E-state index in [4.69, 9.17) is 11.6 Å². The molecule has 172 valence electrons. The third-order valence-electron chi connectivity index (χ3n) is 6.30. The van der Waals surface area contributed by atoms with Gasteiger partial charge in [0.05, 0.1) is 34.2 Å². The zero-order chi connectivity index (χ0) is 23.4. The zero-order valence-corrected chi connectivity index (χ0v) is 18.2. The van der Waals surface area contributed by atoms with Gasteiger partial charge in [0, 0.05) is 23.9 Å². The predicted molar refractivity (Wildman–Crippen MR) is 115 cm³/mol. The first-order valence-electron chi connectivity index (χ1n) is 10.5. The summed E-state index contributed by atoms with van der Waals surface area (Å²) < 4.78 is 30.4. The van der Waals surface area contributed by atoms with E-state index in [-0.39, 0.29) is 34.1 Å². The van der Waals surface area contributed by atoms with Crippen molar-refractivity contribution in [2.75, 3.05) is 0 Å². The molecule has 6 rings (SSSR count). The second-order valence-corrected chi connectivity index (χ2v) is 8.56. The van der Waals surface area contributed by atoms with Gasteiger partial charge in [-0.05, 0) is 47.4 Å². The highest BCUT2D eigenvalue weighted by atomic mass is 35.5. The highest BCUT2D eigenvalue weighted by Crippen LogP contribution is 2.44. The maximum atomic E-state index is 15.2. The van der Waals surface area contributed by atoms with Gasteiger partial charge in [0.1, 0.15) is 12.2 Å². The Morgan fingerprint density at radius 1 is 1.21 bits per heavy atom. The van der Waals surface area contributed by atoms with Crippen LogP contribution in [-0.4, -0.2) is 57.2 Å². The van der Waals surface area contributed by atoms with Crippen molar-refractivity contribution in [3.05, 3.63) is 65.1 Å². The molecular weight excluding hydrogens is 468 g/mol.